The molecule has 1 amide bonds. The van der Waals surface area contributed by atoms with Crippen LogP contribution in [0.3, 0.4) is 0 Å². The van der Waals surface area contributed by atoms with Crippen LogP contribution in [0.2, 0.25) is 0 Å². The predicted molar refractivity (Wildman–Crippen MR) is 104 cm³/mol. The van der Waals surface area contributed by atoms with Gasteiger partial charge in [0.15, 0.2) is 0 Å². The van der Waals surface area contributed by atoms with Crippen molar-refractivity contribution in [1.29, 1.82) is 0 Å². The van der Waals surface area contributed by atoms with Crippen LogP contribution in [0.25, 0.3) is 11.4 Å². The van der Waals surface area contributed by atoms with Gasteiger partial charge in [-0.15, -0.1) is 22.6 Å². The number of fused-ring (bicyclic) bond motifs is 1. The summed E-state index contributed by atoms with van der Waals surface area (Å²) in [5, 5.41) is 18.7. The molecule has 8 heteroatoms. The van der Waals surface area contributed by atoms with Gasteiger partial charge in [-0.25, -0.2) is 0 Å². The minimum atomic E-state index is -0.531. The summed E-state index contributed by atoms with van der Waals surface area (Å²) in [7, 11) is 0. The van der Waals surface area contributed by atoms with Gasteiger partial charge < -0.3 is 10.6 Å². The zero-order valence-corrected chi connectivity index (χ0v) is 15.7. The van der Waals surface area contributed by atoms with Crippen LogP contribution < -0.4 is 10.6 Å². The lowest BCUT2D eigenvalue weighted by Crippen LogP contribution is -2.31. The summed E-state index contributed by atoms with van der Waals surface area (Å²) in [6.07, 6.45) is 0. The van der Waals surface area contributed by atoms with E-state index in [0.717, 1.165) is 24.2 Å². The van der Waals surface area contributed by atoms with Crippen molar-refractivity contribution in [1.82, 2.24) is 30.8 Å². The fourth-order valence-electron chi connectivity index (χ4n) is 2.99. The maximum atomic E-state index is 12.4. The van der Waals surface area contributed by atoms with Gasteiger partial charge in [0.1, 0.15) is 6.04 Å². The molecule has 0 saturated heterocycles. The summed E-state index contributed by atoms with van der Waals surface area (Å²) < 4.78 is 0. The maximum absolute atomic E-state index is 12.4. The van der Waals surface area contributed by atoms with E-state index in [1.165, 1.54) is 15.9 Å². The normalized spacial score (nSPS) is 13.5. The van der Waals surface area contributed by atoms with Gasteiger partial charge in [-0.2, -0.15) is 4.80 Å². The number of carbonyl (C=O) groups excluding carboxylic acids is 1. The second-order valence-electron chi connectivity index (χ2n) is 6.40. The average Bonchev–Trinajstić information content (AvgIpc) is 3.35. The van der Waals surface area contributed by atoms with Gasteiger partial charge in [-0.05, 0) is 28.8 Å². The molecule has 1 aliphatic heterocycles. The van der Waals surface area contributed by atoms with Crippen molar-refractivity contribution >= 4 is 18.3 Å². The number of aromatic nitrogens is 4. The Bertz CT molecular complexity index is 927. The lowest BCUT2D eigenvalue weighted by Gasteiger charge is -2.11. The SMILES string of the molecule is CC(C(=O)NCc1ccc2c(c1)CNC2)n1nnc(-c2ccccc2)n1.Cl. The zero-order chi connectivity index (χ0) is 17.9. The third-order valence-corrected chi connectivity index (χ3v) is 4.55. The molecule has 2 aromatic carbocycles. The minimum absolute atomic E-state index is 0. The van der Waals surface area contributed by atoms with E-state index in [2.05, 4.69) is 44.2 Å². The van der Waals surface area contributed by atoms with Crippen molar-refractivity contribution in [2.24, 2.45) is 0 Å². The van der Waals surface area contributed by atoms with Crippen molar-refractivity contribution in [2.75, 3.05) is 0 Å². The molecule has 2 heterocycles. The molecule has 0 saturated carbocycles. The first-order valence-electron chi connectivity index (χ1n) is 8.65. The standard InChI is InChI=1S/C19H20N6O.ClH/c1-13(25-23-18(22-24-25)15-5-3-2-4-6-15)19(26)21-10-14-7-8-16-11-20-12-17(16)9-14;/h2-9,13,20H,10-12H2,1H3,(H,21,26);1H. The largest absolute Gasteiger partial charge is 0.350 e. The zero-order valence-electron chi connectivity index (χ0n) is 14.9. The molecule has 140 valence electrons. The van der Waals surface area contributed by atoms with E-state index < -0.39 is 6.04 Å². The molecule has 1 aromatic heterocycles. The van der Waals surface area contributed by atoms with Crippen LogP contribution in [0.15, 0.2) is 48.5 Å². The van der Waals surface area contributed by atoms with E-state index in [4.69, 9.17) is 0 Å². The van der Waals surface area contributed by atoms with Crippen LogP contribution in [0.4, 0.5) is 0 Å². The fourth-order valence-corrected chi connectivity index (χ4v) is 2.99. The van der Waals surface area contributed by atoms with Crippen molar-refractivity contribution in [3.05, 3.63) is 65.2 Å². The summed E-state index contributed by atoms with van der Waals surface area (Å²) in [6.45, 7) is 4.05. The molecule has 7 nitrogen and oxygen atoms in total. The Hall–Kier alpha value is -2.77. The molecule has 0 bridgehead atoms. The number of benzene rings is 2. The van der Waals surface area contributed by atoms with E-state index in [9.17, 15) is 4.79 Å². The lowest BCUT2D eigenvalue weighted by atomic mass is 10.1. The molecule has 27 heavy (non-hydrogen) atoms. The van der Waals surface area contributed by atoms with Gasteiger partial charge in [-0.3, -0.25) is 4.79 Å². The van der Waals surface area contributed by atoms with Gasteiger partial charge >= 0.3 is 0 Å². The first-order valence-corrected chi connectivity index (χ1v) is 8.65. The summed E-state index contributed by atoms with van der Waals surface area (Å²) in [5.41, 5.74) is 4.59. The number of nitrogens with one attached hydrogen (secondary N) is 2. The number of nitrogens with zero attached hydrogens (tertiary/aromatic N) is 4. The van der Waals surface area contributed by atoms with E-state index >= 15 is 0 Å². The molecule has 4 rings (SSSR count). The van der Waals surface area contributed by atoms with Gasteiger partial charge in [0, 0.05) is 25.2 Å². The summed E-state index contributed by atoms with van der Waals surface area (Å²) in [5.74, 6) is 0.372. The third kappa shape index (κ3) is 4.15. The smallest absolute Gasteiger partial charge is 0.246 e. The predicted octanol–water partition coefficient (Wildman–Crippen LogP) is 2.24. The van der Waals surface area contributed by atoms with Crippen LogP contribution in [0.5, 0.6) is 0 Å². The molecule has 0 aliphatic carbocycles. The molecule has 2 N–H and O–H groups in total. The van der Waals surface area contributed by atoms with Crippen LogP contribution in [-0.4, -0.2) is 26.1 Å². The topological polar surface area (TPSA) is 84.7 Å². The summed E-state index contributed by atoms with van der Waals surface area (Å²) in [4.78, 5) is 13.8. The van der Waals surface area contributed by atoms with E-state index in [-0.39, 0.29) is 18.3 Å². The molecule has 0 spiro atoms. The van der Waals surface area contributed by atoms with Crippen LogP contribution in [0, 0.1) is 0 Å². The highest BCUT2D eigenvalue weighted by Gasteiger charge is 2.19. The Morgan fingerprint density at radius 3 is 2.78 bits per heavy atom. The second-order valence-corrected chi connectivity index (χ2v) is 6.40. The maximum Gasteiger partial charge on any atom is 0.246 e. The molecule has 1 aliphatic rings. The van der Waals surface area contributed by atoms with E-state index in [1.807, 2.05) is 30.3 Å². The molecular weight excluding hydrogens is 364 g/mol. The van der Waals surface area contributed by atoms with Crippen molar-refractivity contribution in [3.8, 4) is 11.4 Å². The average molecular weight is 385 g/mol. The number of tetrazole rings is 1. The van der Waals surface area contributed by atoms with Crippen LogP contribution in [-0.2, 0) is 24.4 Å². The van der Waals surface area contributed by atoms with Gasteiger partial charge in [-0.1, -0.05) is 48.5 Å². The quantitative estimate of drug-likeness (QED) is 0.704. The first kappa shape index (κ1) is 19.0. The Morgan fingerprint density at radius 2 is 1.96 bits per heavy atom. The molecule has 0 radical (unpaired) electrons. The Kier molecular flexibility index (Phi) is 5.83. The Balaban J connectivity index is 0.00000210. The Labute approximate surface area is 163 Å². The highest BCUT2D eigenvalue weighted by molar-refractivity contribution is 5.85. The lowest BCUT2D eigenvalue weighted by molar-refractivity contribution is -0.124. The van der Waals surface area contributed by atoms with Gasteiger partial charge in [0.05, 0.1) is 0 Å². The number of carbonyl (C=O) groups is 1. The summed E-state index contributed by atoms with van der Waals surface area (Å²) >= 11 is 0. The van der Waals surface area contributed by atoms with E-state index in [0.29, 0.717) is 12.4 Å². The number of rotatable bonds is 5. The number of halogens is 1. The molecular formula is C19H21ClN6O. The molecule has 0 fully saturated rings. The first-order chi connectivity index (χ1) is 12.7. The van der Waals surface area contributed by atoms with Crippen molar-refractivity contribution in [3.63, 3.8) is 0 Å². The minimum Gasteiger partial charge on any atom is -0.350 e. The van der Waals surface area contributed by atoms with Crippen LogP contribution in [0.1, 0.15) is 29.7 Å². The molecule has 1 unspecified atom stereocenters. The highest BCUT2D eigenvalue weighted by Crippen LogP contribution is 2.17. The molecule has 1 atom stereocenters. The number of amides is 1. The van der Waals surface area contributed by atoms with Crippen molar-refractivity contribution < 1.29 is 4.79 Å². The number of hydrogen-bond donors (Lipinski definition) is 2. The van der Waals surface area contributed by atoms with Gasteiger partial charge in [0.25, 0.3) is 0 Å². The van der Waals surface area contributed by atoms with E-state index in [1.54, 1.807) is 6.92 Å². The van der Waals surface area contributed by atoms with Crippen LogP contribution >= 0.6 is 12.4 Å². The fraction of sp³-hybridized carbons (Fsp3) is 0.263. The molecule has 3 aromatic rings. The van der Waals surface area contributed by atoms with Gasteiger partial charge in [0.2, 0.25) is 11.7 Å². The number of hydrogen-bond acceptors (Lipinski definition) is 5. The van der Waals surface area contributed by atoms with Crippen molar-refractivity contribution in [2.45, 2.75) is 32.6 Å². The second kappa shape index (κ2) is 8.28. The monoisotopic (exact) mass is 384 g/mol. The highest BCUT2D eigenvalue weighted by atomic mass is 35.5. The Morgan fingerprint density at radius 1 is 1.19 bits per heavy atom. The third-order valence-electron chi connectivity index (χ3n) is 4.55. The summed E-state index contributed by atoms with van der Waals surface area (Å²) in [6, 6.07) is 15.4.